The molecule has 0 saturated heterocycles. The van der Waals surface area contributed by atoms with Crippen LogP contribution in [0.25, 0.3) is 0 Å². The van der Waals surface area contributed by atoms with Crippen LogP contribution in [0.4, 0.5) is 0 Å². The van der Waals surface area contributed by atoms with E-state index in [1.807, 2.05) is 0 Å². The van der Waals surface area contributed by atoms with E-state index in [1.165, 1.54) is 12.8 Å². The Kier molecular flexibility index (Phi) is 4.85. The maximum atomic E-state index is 9.70. The molecule has 1 rings (SSSR count). The maximum absolute atomic E-state index is 9.70. The molecule has 0 bridgehead atoms. The van der Waals surface area contributed by atoms with Crippen LogP contribution < -0.4 is 5.32 Å². The molecule has 3 heteroatoms. The lowest BCUT2D eigenvalue weighted by Crippen LogP contribution is -2.38. The normalized spacial score (nSPS) is 19.3. The lowest BCUT2D eigenvalue weighted by Gasteiger charge is -2.22. The largest absolute Gasteiger partial charge is 0.390 e. The highest BCUT2D eigenvalue weighted by Crippen LogP contribution is 2.18. The van der Waals surface area contributed by atoms with Gasteiger partial charge in [0.25, 0.3) is 0 Å². The minimum atomic E-state index is -0.223. The lowest BCUT2D eigenvalue weighted by molar-refractivity contribution is 0.118. The Morgan fingerprint density at radius 3 is 2.50 bits per heavy atom. The standard InChI is InChI=1S/C11H24N2O/c1-9(2)7-13(3)8-11(14)6-12-10-4-5-10/h9-12,14H,4-8H2,1-3H3. The number of aliphatic hydroxyl groups is 1. The summed E-state index contributed by atoms with van der Waals surface area (Å²) in [5.74, 6) is 0.670. The van der Waals surface area contributed by atoms with Crippen molar-refractivity contribution >= 4 is 0 Å². The molecule has 1 unspecified atom stereocenters. The smallest absolute Gasteiger partial charge is 0.0791 e. The van der Waals surface area contributed by atoms with Crippen molar-refractivity contribution in [2.24, 2.45) is 5.92 Å². The van der Waals surface area contributed by atoms with Crippen LogP contribution in [0, 0.1) is 5.92 Å². The topological polar surface area (TPSA) is 35.5 Å². The first-order valence-corrected chi connectivity index (χ1v) is 5.68. The SMILES string of the molecule is CC(C)CN(C)CC(O)CNC1CC1. The molecule has 0 radical (unpaired) electrons. The molecule has 0 heterocycles. The average molecular weight is 200 g/mol. The summed E-state index contributed by atoms with van der Waals surface area (Å²) in [6, 6.07) is 0.694. The first-order chi connectivity index (χ1) is 6.58. The van der Waals surface area contributed by atoms with Crippen molar-refractivity contribution in [1.29, 1.82) is 0 Å². The average Bonchev–Trinajstić information content (AvgIpc) is 2.81. The number of hydrogen-bond donors (Lipinski definition) is 2. The van der Waals surface area contributed by atoms with Gasteiger partial charge in [-0.2, -0.15) is 0 Å². The Labute approximate surface area is 87.5 Å². The predicted molar refractivity (Wildman–Crippen MR) is 59.4 cm³/mol. The first-order valence-electron chi connectivity index (χ1n) is 5.68. The monoisotopic (exact) mass is 200 g/mol. The van der Waals surface area contributed by atoms with E-state index in [2.05, 4.69) is 31.1 Å². The summed E-state index contributed by atoms with van der Waals surface area (Å²) in [4.78, 5) is 2.20. The molecule has 3 nitrogen and oxygen atoms in total. The molecule has 1 aliphatic rings. The second-order valence-electron chi connectivity index (χ2n) is 4.95. The zero-order valence-corrected chi connectivity index (χ0v) is 9.66. The summed E-state index contributed by atoms with van der Waals surface area (Å²) in [6.45, 7) is 6.97. The highest BCUT2D eigenvalue weighted by molar-refractivity contribution is 4.82. The van der Waals surface area contributed by atoms with Gasteiger partial charge in [0.1, 0.15) is 0 Å². The van der Waals surface area contributed by atoms with Gasteiger partial charge in [0.05, 0.1) is 6.10 Å². The van der Waals surface area contributed by atoms with E-state index >= 15 is 0 Å². The number of aliphatic hydroxyl groups excluding tert-OH is 1. The molecule has 0 aromatic rings. The van der Waals surface area contributed by atoms with Gasteiger partial charge >= 0.3 is 0 Å². The van der Waals surface area contributed by atoms with Crippen LogP contribution in [0.3, 0.4) is 0 Å². The van der Waals surface area contributed by atoms with Crippen LogP contribution in [0.2, 0.25) is 0 Å². The molecule has 84 valence electrons. The van der Waals surface area contributed by atoms with Crippen LogP contribution in [0.5, 0.6) is 0 Å². The molecular weight excluding hydrogens is 176 g/mol. The number of likely N-dealkylation sites (N-methyl/N-ethyl adjacent to an activating group) is 1. The van der Waals surface area contributed by atoms with Gasteiger partial charge in [-0.25, -0.2) is 0 Å². The van der Waals surface area contributed by atoms with E-state index < -0.39 is 0 Å². The molecule has 0 aromatic heterocycles. The van der Waals surface area contributed by atoms with Gasteiger partial charge < -0.3 is 15.3 Å². The molecule has 14 heavy (non-hydrogen) atoms. The molecule has 2 N–H and O–H groups in total. The molecule has 1 atom stereocenters. The minimum absolute atomic E-state index is 0.223. The van der Waals surface area contributed by atoms with Gasteiger partial charge in [0, 0.05) is 25.7 Å². The summed E-state index contributed by atoms with van der Waals surface area (Å²) in [7, 11) is 2.07. The van der Waals surface area contributed by atoms with Crippen LogP contribution in [-0.4, -0.2) is 48.8 Å². The van der Waals surface area contributed by atoms with E-state index in [0.717, 1.165) is 19.6 Å². The van der Waals surface area contributed by atoms with E-state index in [-0.39, 0.29) is 6.10 Å². The fourth-order valence-electron chi connectivity index (χ4n) is 1.71. The first kappa shape index (κ1) is 12.0. The van der Waals surface area contributed by atoms with Crippen LogP contribution >= 0.6 is 0 Å². The zero-order valence-electron chi connectivity index (χ0n) is 9.66. The number of hydrogen-bond acceptors (Lipinski definition) is 3. The molecular formula is C11H24N2O. The van der Waals surface area contributed by atoms with Gasteiger partial charge in [-0.15, -0.1) is 0 Å². The third-order valence-electron chi connectivity index (χ3n) is 2.42. The summed E-state index contributed by atoms with van der Waals surface area (Å²) in [5.41, 5.74) is 0. The van der Waals surface area contributed by atoms with Crippen LogP contribution in [0.15, 0.2) is 0 Å². The second kappa shape index (κ2) is 5.69. The van der Waals surface area contributed by atoms with Crippen molar-refractivity contribution in [2.45, 2.75) is 38.8 Å². The zero-order chi connectivity index (χ0) is 10.6. The Morgan fingerprint density at radius 1 is 1.36 bits per heavy atom. The fourth-order valence-corrected chi connectivity index (χ4v) is 1.71. The highest BCUT2D eigenvalue weighted by Gasteiger charge is 2.21. The van der Waals surface area contributed by atoms with Gasteiger partial charge in [-0.1, -0.05) is 13.8 Å². The third-order valence-corrected chi connectivity index (χ3v) is 2.42. The van der Waals surface area contributed by atoms with E-state index in [9.17, 15) is 5.11 Å². The minimum Gasteiger partial charge on any atom is -0.390 e. The van der Waals surface area contributed by atoms with Gasteiger partial charge in [0.15, 0.2) is 0 Å². The molecule has 0 aliphatic heterocycles. The Bertz CT molecular complexity index is 157. The van der Waals surface area contributed by atoms with Gasteiger partial charge in [-0.05, 0) is 25.8 Å². The van der Waals surface area contributed by atoms with E-state index in [4.69, 9.17) is 0 Å². The van der Waals surface area contributed by atoms with Gasteiger partial charge in [0.2, 0.25) is 0 Å². The summed E-state index contributed by atoms with van der Waals surface area (Å²) in [6.07, 6.45) is 2.35. The van der Waals surface area contributed by atoms with E-state index in [1.54, 1.807) is 0 Å². The summed E-state index contributed by atoms with van der Waals surface area (Å²) < 4.78 is 0. The van der Waals surface area contributed by atoms with Crippen molar-refractivity contribution in [3.8, 4) is 0 Å². The molecule has 1 aliphatic carbocycles. The van der Waals surface area contributed by atoms with Crippen molar-refractivity contribution in [3.05, 3.63) is 0 Å². The molecule has 0 spiro atoms. The van der Waals surface area contributed by atoms with Crippen molar-refractivity contribution in [1.82, 2.24) is 10.2 Å². The lowest BCUT2D eigenvalue weighted by atomic mass is 10.2. The molecule has 0 aromatic carbocycles. The highest BCUT2D eigenvalue weighted by atomic mass is 16.3. The molecule has 1 fully saturated rings. The predicted octanol–water partition coefficient (Wildman–Crippen LogP) is 0.687. The van der Waals surface area contributed by atoms with Gasteiger partial charge in [-0.3, -0.25) is 0 Å². The van der Waals surface area contributed by atoms with E-state index in [0.29, 0.717) is 12.0 Å². The third kappa shape index (κ3) is 5.58. The Hall–Kier alpha value is -0.120. The van der Waals surface area contributed by atoms with Crippen LogP contribution in [0.1, 0.15) is 26.7 Å². The maximum Gasteiger partial charge on any atom is 0.0791 e. The quantitative estimate of drug-likeness (QED) is 0.634. The van der Waals surface area contributed by atoms with Crippen molar-refractivity contribution in [3.63, 3.8) is 0 Å². The van der Waals surface area contributed by atoms with Crippen molar-refractivity contribution < 1.29 is 5.11 Å². The number of nitrogens with one attached hydrogen (secondary N) is 1. The Balaban J connectivity index is 2.02. The summed E-state index contributed by atoms with van der Waals surface area (Å²) in [5, 5.41) is 13.0. The molecule has 1 saturated carbocycles. The number of rotatable bonds is 7. The number of nitrogens with zero attached hydrogens (tertiary/aromatic N) is 1. The second-order valence-corrected chi connectivity index (χ2v) is 4.95. The van der Waals surface area contributed by atoms with Crippen LogP contribution in [-0.2, 0) is 0 Å². The Morgan fingerprint density at radius 2 is 2.00 bits per heavy atom. The molecule has 0 amide bonds. The fraction of sp³-hybridized carbons (Fsp3) is 1.00. The van der Waals surface area contributed by atoms with Crippen molar-refractivity contribution in [2.75, 3.05) is 26.7 Å². The summed E-state index contributed by atoms with van der Waals surface area (Å²) >= 11 is 0.